The van der Waals surface area contributed by atoms with Crippen molar-refractivity contribution in [1.82, 2.24) is 4.57 Å². The van der Waals surface area contributed by atoms with Crippen LogP contribution in [0.25, 0.3) is 11.8 Å². The minimum atomic E-state index is -0.806. The summed E-state index contributed by atoms with van der Waals surface area (Å²) in [6.07, 6.45) is 1.80. The molecular weight excluding hydrogens is 608 g/mol. The lowest BCUT2D eigenvalue weighted by molar-refractivity contribution is -0.138. The highest BCUT2D eigenvalue weighted by molar-refractivity contribution is 7.07. The summed E-state index contributed by atoms with van der Waals surface area (Å²) in [6.45, 7) is 2.19. The van der Waals surface area contributed by atoms with Gasteiger partial charge in [-0.3, -0.25) is 9.36 Å². The van der Waals surface area contributed by atoms with Crippen LogP contribution in [0.5, 0.6) is 11.5 Å². The van der Waals surface area contributed by atoms with Crippen LogP contribution in [0.15, 0.2) is 118 Å². The first-order valence-corrected chi connectivity index (χ1v) is 15.6. The van der Waals surface area contributed by atoms with E-state index in [4.69, 9.17) is 30.8 Å². The number of esters is 1. The van der Waals surface area contributed by atoms with Crippen LogP contribution >= 0.6 is 22.9 Å². The molecule has 0 N–H and O–H groups in total. The third-order valence-corrected chi connectivity index (χ3v) is 8.68. The number of nitrogens with zero attached hydrogens (tertiary/aromatic N) is 2. The number of carbonyl (C=O) groups is 1. The van der Waals surface area contributed by atoms with Gasteiger partial charge in [-0.05, 0) is 42.8 Å². The zero-order valence-corrected chi connectivity index (χ0v) is 26.2. The number of rotatable bonds is 9. The number of hydrogen-bond acceptors (Lipinski definition) is 7. The van der Waals surface area contributed by atoms with Gasteiger partial charge in [0.2, 0.25) is 0 Å². The minimum Gasteiger partial charge on any atom is -0.497 e. The number of carbonyl (C=O) groups excluding carboxylic acids is 1. The normalized spacial score (nSPS) is 14.5. The van der Waals surface area contributed by atoms with E-state index in [1.807, 2.05) is 103 Å². The number of hydrogen-bond donors (Lipinski definition) is 0. The van der Waals surface area contributed by atoms with Crippen LogP contribution in [-0.4, -0.2) is 24.3 Å². The van der Waals surface area contributed by atoms with Gasteiger partial charge >= 0.3 is 5.97 Å². The van der Waals surface area contributed by atoms with E-state index in [0.717, 1.165) is 16.7 Å². The molecule has 0 unspecified atom stereocenters. The van der Waals surface area contributed by atoms with Crippen LogP contribution in [-0.2, 0) is 16.1 Å². The maximum absolute atomic E-state index is 14.3. The van der Waals surface area contributed by atoms with Gasteiger partial charge in [0.05, 0.1) is 35.6 Å². The van der Waals surface area contributed by atoms with Crippen molar-refractivity contribution in [2.45, 2.75) is 19.6 Å². The fourth-order valence-corrected chi connectivity index (χ4v) is 6.39. The van der Waals surface area contributed by atoms with Crippen LogP contribution in [0.3, 0.4) is 0 Å². The molecule has 4 aromatic carbocycles. The minimum absolute atomic E-state index is 0.171. The van der Waals surface area contributed by atoms with Crippen molar-refractivity contribution >= 4 is 40.7 Å². The van der Waals surface area contributed by atoms with Crippen molar-refractivity contribution < 1.29 is 19.0 Å². The van der Waals surface area contributed by atoms with E-state index in [-0.39, 0.29) is 24.3 Å². The van der Waals surface area contributed by atoms with Gasteiger partial charge in [-0.2, -0.15) is 0 Å². The Balaban J connectivity index is 1.54. The Kier molecular flexibility index (Phi) is 8.96. The zero-order valence-electron chi connectivity index (χ0n) is 24.6. The number of methoxy groups -OCH3 is 1. The predicted molar refractivity (Wildman–Crippen MR) is 176 cm³/mol. The van der Waals surface area contributed by atoms with Gasteiger partial charge in [0.15, 0.2) is 4.80 Å². The number of para-hydroxylation sites is 1. The molecule has 1 aromatic heterocycles. The van der Waals surface area contributed by atoms with Crippen molar-refractivity contribution in [3.63, 3.8) is 0 Å². The van der Waals surface area contributed by atoms with Crippen molar-refractivity contribution in [3.05, 3.63) is 156 Å². The highest BCUT2D eigenvalue weighted by Crippen LogP contribution is 2.36. The van der Waals surface area contributed by atoms with Crippen molar-refractivity contribution in [3.8, 4) is 11.5 Å². The van der Waals surface area contributed by atoms with Crippen LogP contribution < -0.4 is 24.4 Å². The van der Waals surface area contributed by atoms with Crippen LogP contribution in [0.1, 0.15) is 35.2 Å². The van der Waals surface area contributed by atoms with Crippen LogP contribution in [0, 0.1) is 0 Å². The van der Waals surface area contributed by atoms with Gasteiger partial charge in [-0.1, -0.05) is 102 Å². The molecule has 1 atom stereocenters. The number of thiazole rings is 1. The van der Waals surface area contributed by atoms with Crippen molar-refractivity contribution in [2.75, 3.05) is 13.7 Å². The van der Waals surface area contributed by atoms with Gasteiger partial charge in [0.1, 0.15) is 18.1 Å². The lowest BCUT2D eigenvalue weighted by Gasteiger charge is -2.26. The summed E-state index contributed by atoms with van der Waals surface area (Å²) in [6, 6.07) is 31.0. The Labute approximate surface area is 268 Å². The maximum Gasteiger partial charge on any atom is 0.338 e. The molecule has 0 saturated heterocycles. The standard InChI is InChI=1S/C36H29ClN2O5S/c1-3-43-35(41)31-32(23-12-5-4-6-13-23)38-36-39(33(31)25-16-11-17-27(20-25)42-2)34(40)30(45-36)21-24-14-8-10-19-29(24)44-22-26-15-7-9-18-28(26)37/h4-21,33H,3,22H2,1-2H3/b30-21+/t33-/m0/s1. The predicted octanol–water partition coefficient (Wildman–Crippen LogP) is 6.18. The molecule has 45 heavy (non-hydrogen) atoms. The third-order valence-electron chi connectivity index (χ3n) is 7.33. The first-order valence-electron chi connectivity index (χ1n) is 14.4. The molecule has 0 bridgehead atoms. The molecule has 0 spiro atoms. The molecule has 9 heteroatoms. The molecule has 0 fully saturated rings. The van der Waals surface area contributed by atoms with Gasteiger partial charge in [-0.25, -0.2) is 9.79 Å². The molecule has 0 saturated carbocycles. The fourth-order valence-electron chi connectivity index (χ4n) is 5.21. The smallest absolute Gasteiger partial charge is 0.338 e. The number of fused-ring (bicyclic) bond motifs is 1. The lowest BCUT2D eigenvalue weighted by atomic mass is 9.93. The highest BCUT2D eigenvalue weighted by Gasteiger charge is 2.35. The van der Waals surface area contributed by atoms with Gasteiger partial charge in [0.25, 0.3) is 5.56 Å². The molecule has 226 valence electrons. The summed E-state index contributed by atoms with van der Waals surface area (Å²) in [7, 11) is 1.58. The van der Waals surface area contributed by atoms with E-state index in [9.17, 15) is 9.59 Å². The van der Waals surface area contributed by atoms with Crippen molar-refractivity contribution in [2.24, 2.45) is 4.99 Å². The van der Waals surface area contributed by atoms with E-state index in [1.165, 1.54) is 11.3 Å². The quantitative estimate of drug-likeness (QED) is 0.181. The first-order chi connectivity index (χ1) is 22.0. The molecule has 6 rings (SSSR count). The second-order valence-electron chi connectivity index (χ2n) is 10.1. The summed E-state index contributed by atoms with van der Waals surface area (Å²) < 4.78 is 19.2. The average Bonchev–Trinajstić information content (AvgIpc) is 3.38. The molecule has 2 heterocycles. The summed E-state index contributed by atoms with van der Waals surface area (Å²) in [5.41, 5.74) is 3.45. The molecule has 0 radical (unpaired) electrons. The molecule has 0 amide bonds. The summed E-state index contributed by atoms with van der Waals surface area (Å²) in [5, 5.41) is 0.618. The monoisotopic (exact) mass is 636 g/mol. The topological polar surface area (TPSA) is 79.1 Å². The third kappa shape index (κ3) is 6.20. The second kappa shape index (κ2) is 13.4. The second-order valence-corrected chi connectivity index (χ2v) is 11.5. The number of benzene rings is 4. The molecular formula is C36H29ClN2O5S. The van der Waals surface area contributed by atoms with Crippen LogP contribution in [0.4, 0.5) is 0 Å². The Morgan fingerprint density at radius 3 is 2.51 bits per heavy atom. The number of aromatic nitrogens is 1. The fraction of sp³-hybridized carbons (Fsp3) is 0.139. The number of halogens is 1. The van der Waals surface area contributed by atoms with Gasteiger partial charge in [0, 0.05) is 21.7 Å². The van der Waals surface area contributed by atoms with E-state index < -0.39 is 12.0 Å². The Bertz CT molecular complexity index is 2080. The largest absolute Gasteiger partial charge is 0.497 e. The summed E-state index contributed by atoms with van der Waals surface area (Å²) in [4.78, 5) is 33.3. The summed E-state index contributed by atoms with van der Waals surface area (Å²) >= 11 is 7.60. The van der Waals surface area contributed by atoms with Crippen molar-refractivity contribution in [1.29, 1.82) is 0 Å². The van der Waals surface area contributed by atoms with Gasteiger partial charge < -0.3 is 14.2 Å². The molecule has 5 aromatic rings. The highest BCUT2D eigenvalue weighted by atomic mass is 35.5. The van der Waals surface area contributed by atoms with Crippen LogP contribution in [0.2, 0.25) is 5.02 Å². The Morgan fingerprint density at radius 2 is 1.73 bits per heavy atom. The number of ether oxygens (including phenoxy) is 3. The van der Waals surface area contributed by atoms with Gasteiger partial charge in [-0.15, -0.1) is 0 Å². The molecule has 0 aliphatic carbocycles. The molecule has 7 nitrogen and oxygen atoms in total. The van der Waals surface area contributed by atoms with E-state index in [2.05, 4.69) is 0 Å². The Hall–Kier alpha value is -4.92. The molecule has 1 aliphatic heterocycles. The van der Waals surface area contributed by atoms with E-state index in [0.29, 0.717) is 37.1 Å². The first kappa shape index (κ1) is 30.1. The maximum atomic E-state index is 14.3. The SMILES string of the molecule is CCOC(=O)C1=C(c2ccccc2)N=c2s/c(=C/c3ccccc3OCc3ccccc3Cl)c(=O)n2[C@H]1c1cccc(OC)c1. The Morgan fingerprint density at radius 1 is 0.978 bits per heavy atom. The summed E-state index contributed by atoms with van der Waals surface area (Å²) in [5.74, 6) is 0.658. The van der Waals surface area contributed by atoms with E-state index >= 15 is 0 Å². The molecule has 1 aliphatic rings. The van der Waals surface area contributed by atoms with E-state index in [1.54, 1.807) is 24.7 Å². The average molecular weight is 637 g/mol. The lowest BCUT2D eigenvalue weighted by Crippen LogP contribution is -2.40. The zero-order chi connectivity index (χ0) is 31.3.